The zero-order valence-electron chi connectivity index (χ0n) is 14.3. The fourth-order valence-corrected chi connectivity index (χ4v) is 3.04. The van der Waals surface area contributed by atoms with Crippen molar-refractivity contribution in [2.75, 3.05) is 18.0 Å². The van der Waals surface area contributed by atoms with Crippen molar-refractivity contribution in [1.82, 2.24) is 15.3 Å². The Labute approximate surface area is 143 Å². The Kier molecular flexibility index (Phi) is 5.08. The van der Waals surface area contributed by atoms with E-state index in [1.807, 2.05) is 56.6 Å². The number of piperidine rings is 1. The number of nitrogens with zero attached hydrogens (tertiary/aromatic N) is 3. The van der Waals surface area contributed by atoms with Crippen molar-refractivity contribution >= 4 is 11.9 Å². The molecule has 0 spiro atoms. The number of hydrogen-bond donors (Lipinski definition) is 1. The van der Waals surface area contributed by atoms with Gasteiger partial charge in [0, 0.05) is 37.1 Å². The zero-order valence-corrected chi connectivity index (χ0v) is 14.3. The van der Waals surface area contributed by atoms with Crippen molar-refractivity contribution in [1.29, 1.82) is 0 Å². The maximum atomic E-state index is 12.2. The molecule has 0 radical (unpaired) electrons. The first-order chi connectivity index (χ1) is 11.6. The van der Waals surface area contributed by atoms with Gasteiger partial charge in [0.05, 0.1) is 5.92 Å². The Morgan fingerprint density at radius 1 is 1.17 bits per heavy atom. The van der Waals surface area contributed by atoms with Crippen LogP contribution in [0.5, 0.6) is 0 Å². The lowest BCUT2D eigenvalue weighted by Crippen LogP contribution is -2.45. The minimum absolute atomic E-state index is 0.0125. The fourth-order valence-electron chi connectivity index (χ4n) is 3.04. The van der Waals surface area contributed by atoms with E-state index in [9.17, 15) is 4.79 Å². The first kappa shape index (κ1) is 16.4. The smallest absolute Gasteiger partial charge is 0.225 e. The molecule has 0 saturated carbocycles. The van der Waals surface area contributed by atoms with Gasteiger partial charge in [0.15, 0.2) is 0 Å². The topological polar surface area (TPSA) is 58.1 Å². The van der Waals surface area contributed by atoms with Crippen molar-refractivity contribution in [2.24, 2.45) is 5.92 Å². The van der Waals surface area contributed by atoms with Gasteiger partial charge < -0.3 is 10.2 Å². The van der Waals surface area contributed by atoms with Crippen molar-refractivity contribution in [2.45, 2.75) is 32.7 Å². The molecule has 0 unspecified atom stereocenters. The molecule has 1 atom stereocenters. The Morgan fingerprint density at radius 3 is 2.54 bits per heavy atom. The number of carbonyl (C=O) groups is 1. The third-order valence-electron chi connectivity index (χ3n) is 4.25. The minimum atomic E-state index is 0.0125. The third-order valence-corrected chi connectivity index (χ3v) is 4.25. The summed E-state index contributed by atoms with van der Waals surface area (Å²) in [5.41, 5.74) is 2.11. The Hall–Kier alpha value is -2.43. The molecule has 126 valence electrons. The third kappa shape index (κ3) is 3.91. The van der Waals surface area contributed by atoms with E-state index in [1.165, 1.54) is 0 Å². The molecule has 1 N–H and O–H groups in total. The average molecular weight is 324 g/mol. The van der Waals surface area contributed by atoms with E-state index in [4.69, 9.17) is 0 Å². The number of nitrogens with one attached hydrogen (secondary N) is 1. The van der Waals surface area contributed by atoms with Crippen LogP contribution in [0.15, 0.2) is 42.7 Å². The van der Waals surface area contributed by atoms with Gasteiger partial charge >= 0.3 is 0 Å². The SMILES string of the molecule is CC(C)NC(=O)[C@H]1CCCN(c2ncc(-c3ccccc3)cn2)C1. The lowest BCUT2D eigenvalue weighted by molar-refractivity contribution is -0.125. The van der Waals surface area contributed by atoms with Crippen LogP contribution < -0.4 is 10.2 Å². The van der Waals surface area contributed by atoms with Gasteiger partial charge in [-0.3, -0.25) is 4.79 Å². The molecule has 1 aromatic carbocycles. The highest BCUT2D eigenvalue weighted by atomic mass is 16.2. The molecule has 0 aliphatic carbocycles. The van der Waals surface area contributed by atoms with Crippen LogP contribution in [0, 0.1) is 5.92 Å². The van der Waals surface area contributed by atoms with E-state index < -0.39 is 0 Å². The molecular formula is C19H24N4O. The maximum Gasteiger partial charge on any atom is 0.225 e. The molecule has 1 saturated heterocycles. The van der Waals surface area contributed by atoms with Crippen molar-refractivity contribution in [3.05, 3.63) is 42.7 Å². The first-order valence-electron chi connectivity index (χ1n) is 8.56. The Morgan fingerprint density at radius 2 is 1.88 bits per heavy atom. The second-order valence-corrected chi connectivity index (χ2v) is 6.59. The van der Waals surface area contributed by atoms with Crippen LogP contribution in [-0.4, -0.2) is 35.0 Å². The number of benzene rings is 1. The van der Waals surface area contributed by atoms with E-state index in [1.54, 1.807) is 0 Å². The predicted octanol–water partition coefficient (Wildman–Crippen LogP) is 2.88. The summed E-state index contributed by atoms with van der Waals surface area (Å²) in [5.74, 6) is 0.853. The second-order valence-electron chi connectivity index (χ2n) is 6.59. The van der Waals surface area contributed by atoms with Crippen molar-refractivity contribution in [3.8, 4) is 11.1 Å². The second kappa shape index (κ2) is 7.43. The molecule has 1 aromatic heterocycles. The van der Waals surface area contributed by atoms with E-state index in [2.05, 4.69) is 20.2 Å². The predicted molar refractivity (Wildman–Crippen MR) is 95.7 cm³/mol. The number of rotatable bonds is 4. The van der Waals surface area contributed by atoms with Crippen LogP contribution in [0.25, 0.3) is 11.1 Å². The fraction of sp³-hybridized carbons (Fsp3) is 0.421. The van der Waals surface area contributed by atoms with Crippen LogP contribution in [0.4, 0.5) is 5.95 Å². The monoisotopic (exact) mass is 324 g/mol. The standard InChI is InChI=1S/C19H24N4O/c1-14(2)22-18(24)16-9-6-10-23(13-16)19-20-11-17(12-21-19)15-7-4-3-5-8-15/h3-5,7-8,11-12,14,16H,6,9-10,13H2,1-2H3,(H,22,24)/t16-/m0/s1. The van der Waals surface area contributed by atoms with Crippen LogP contribution >= 0.6 is 0 Å². The van der Waals surface area contributed by atoms with Gasteiger partial charge in [-0.15, -0.1) is 0 Å². The summed E-state index contributed by atoms with van der Waals surface area (Å²) >= 11 is 0. The molecule has 0 bridgehead atoms. The van der Waals surface area contributed by atoms with Gasteiger partial charge in [0.25, 0.3) is 0 Å². The molecule has 1 fully saturated rings. The molecule has 24 heavy (non-hydrogen) atoms. The summed E-state index contributed by atoms with van der Waals surface area (Å²) in [6, 6.07) is 10.3. The molecule has 5 heteroatoms. The van der Waals surface area contributed by atoms with E-state index >= 15 is 0 Å². The van der Waals surface area contributed by atoms with Crippen LogP contribution in [0.2, 0.25) is 0 Å². The number of hydrogen-bond acceptors (Lipinski definition) is 4. The summed E-state index contributed by atoms with van der Waals surface area (Å²) in [4.78, 5) is 23.4. The maximum absolute atomic E-state index is 12.2. The van der Waals surface area contributed by atoms with Gasteiger partial charge in [-0.1, -0.05) is 30.3 Å². The van der Waals surface area contributed by atoms with Crippen molar-refractivity contribution in [3.63, 3.8) is 0 Å². The molecule has 5 nitrogen and oxygen atoms in total. The Balaban J connectivity index is 1.69. The van der Waals surface area contributed by atoms with Gasteiger partial charge in [0.1, 0.15) is 0 Å². The molecule has 2 aromatic rings. The quantitative estimate of drug-likeness (QED) is 0.939. The lowest BCUT2D eigenvalue weighted by atomic mass is 9.97. The van der Waals surface area contributed by atoms with Crippen LogP contribution in [0.1, 0.15) is 26.7 Å². The molecule has 1 aliphatic rings. The first-order valence-corrected chi connectivity index (χ1v) is 8.56. The highest BCUT2D eigenvalue weighted by Crippen LogP contribution is 2.22. The summed E-state index contributed by atoms with van der Waals surface area (Å²) in [6.45, 7) is 5.56. The van der Waals surface area contributed by atoms with Crippen LogP contribution in [0.3, 0.4) is 0 Å². The number of carbonyl (C=O) groups excluding carboxylic acids is 1. The summed E-state index contributed by atoms with van der Waals surface area (Å²) in [5, 5.41) is 3.01. The molecule has 1 amide bonds. The number of anilines is 1. The molecular weight excluding hydrogens is 300 g/mol. The van der Waals surface area contributed by atoms with Crippen molar-refractivity contribution < 1.29 is 4.79 Å². The summed E-state index contributed by atoms with van der Waals surface area (Å²) in [6.07, 6.45) is 5.63. The minimum Gasteiger partial charge on any atom is -0.354 e. The largest absolute Gasteiger partial charge is 0.354 e. The zero-order chi connectivity index (χ0) is 16.9. The number of amides is 1. The molecule has 3 rings (SSSR count). The van der Waals surface area contributed by atoms with E-state index in [-0.39, 0.29) is 17.9 Å². The van der Waals surface area contributed by atoms with Gasteiger partial charge in [0.2, 0.25) is 11.9 Å². The lowest BCUT2D eigenvalue weighted by Gasteiger charge is -2.32. The summed E-state index contributed by atoms with van der Waals surface area (Å²) < 4.78 is 0. The summed E-state index contributed by atoms with van der Waals surface area (Å²) in [7, 11) is 0. The Bertz CT molecular complexity index is 670. The van der Waals surface area contributed by atoms with E-state index in [0.29, 0.717) is 12.5 Å². The highest BCUT2D eigenvalue weighted by molar-refractivity contribution is 5.79. The van der Waals surface area contributed by atoms with Crippen LogP contribution in [-0.2, 0) is 4.79 Å². The normalized spacial score (nSPS) is 17.8. The molecule has 2 heterocycles. The van der Waals surface area contributed by atoms with Gasteiger partial charge in [-0.2, -0.15) is 0 Å². The van der Waals surface area contributed by atoms with Gasteiger partial charge in [-0.05, 0) is 32.3 Å². The average Bonchev–Trinajstić information content (AvgIpc) is 2.62. The number of aromatic nitrogens is 2. The molecule has 1 aliphatic heterocycles. The van der Waals surface area contributed by atoms with E-state index in [0.717, 1.165) is 30.5 Å². The van der Waals surface area contributed by atoms with Gasteiger partial charge in [-0.25, -0.2) is 9.97 Å². The highest BCUT2D eigenvalue weighted by Gasteiger charge is 2.27.